The van der Waals surface area contributed by atoms with Crippen LogP contribution in [0.15, 0.2) is 40.8 Å². The number of hydrazone groups is 1. The summed E-state index contributed by atoms with van der Waals surface area (Å²) in [5.41, 5.74) is 1.53. The predicted molar refractivity (Wildman–Crippen MR) is 94.4 cm³/mol. The molecular weight excluding hydrogens is 348 g/mol. The number of benzene rings is 1. The highest BCUT2D eigenvalue weighted by Crippen LogP contribution is 2.40. The number of methoxy groups -OCH3 is 2. The van der Waals surface area contributed by atoms with Crippen LogP contribution in [0.3, 0.4) is 0 Å². The number of ether oxygens (including phenoxy) is 2. The fourth-order valence-electron chi connectivity index (χ4n) is 2.71. The number of hydrogen-bond donors (Lipinski definition) is 0. The summed E-state index contributed by atoms with van der Waals surface area (Å²) in [6.07, 6.45) is 1.66. The molecule has 1 aliphatic rings. The Morgan fingerprint density at radius 2 is 2.04 bits per heavy atom. The molecule has 2 aromatic rings. The van der Waals surface area contributed by atoms with Crippen LogP contribution in [0.5, 0.6) is 11.5 Å². The Morgan fingerprint density at radius 1 is 1.25 bits per heavy atom. The molecule has 1 aromatic carbocycles. The highest BCUT2D eigenvalue weighted by molar-refractivity contribution is 7.88. The van der Waals surface area contributed by atoms with Gasteiger partial charge >= 0.3 is 0 Å². The first kappa shape index (κ1) is 16.8. The van der Waals surface area contributed by atoms with Gasteiger partial charge in [-0.25, -0.2) is 8.42 Å². The van der Waals surface area contributed by atoms with Gasteiger partial charge in [-0.3, -0.25) is 0 Å². The maximum atomic E-state index is 12.2. The summed E-state index contributed by atoms with van der Waals surface area (Å²) in [7, 11) is -0.372. The van der Waals surface area contributed by atoms with Crippen LogP contribution in [-0.4, -0.2) is 39.0 Å². The van der Waals surface area contributed by atoms with E-state index in [9.17, 15) is 8.42 Å². The Bertz CT molecular complexity index is 860. The molecule has 1 aliphatic heterocycles. The molecule has 0 fully saturated rings. The first-order valence-corrected chi connectivity index (χ1v) is 9.99. The van der Waals surface area contributed by atoms with Gasteiger partial charge in [-0.2, -0.15) is 9.52 Å². The van der Waals surface area contributed by atoms with Crippen molar-refractivity contribution in [3.05, 3.63) is 46.2 Å². The summed E-state index contributed by atoms with van der Waals surface area (Å²) in [6.45, 7) is 0. The zero-order chi connectivity index (χ0) is 17.3. The molecule has 0 aliphatic carbocycles. The van der Waals surface area contributed by atoms with Crippen molar-refractivity contribution in [3.63, 3.8) is 0 Å². The maximum Gasteiger partial charge on any atom is 0.247 e. The van der Waals surface area contributed by atoms with Crippen molar-refractivity contribution >= 4 is 27.1 Å². The third-order valence-corrected chi connectivity index (χ3v) is 5.75. The lowest BCUT2D eigenvalue weighted by Crippen LogP contribution is -2.26. The van der Waals surface area contributed by atoms with E-state index >= 15 is 0 Å². The van der Waals surface area contributed by atoms with Crippen LogP contribution < -0.4 is 9.47 Å². The first-order chi connectivity index (χ1) is 11.4. The van der Waals surface area contributed by atoms with E-state index < -0.39 is 16.1 Å². The molecule has 2 heterocycles. The van der Waals surface area contributed by atoms with E-state index in [2.05, 4.69) is 5.10 Å². The van der Waals surface area contributed by atoms with Gasteiger partial charge in [0.05, 0.1) is 37.1 Å². The van der Waals surface area contributed by atoms with Gasteiger partial charge in [0.25, 0.3) is 0 Å². The molecule has 1 unspecified atom stereocenters. The zero-order valence-corrected chi connectivity index (χ0v) is 15.2. The molecule has 8 heteroatoms. The number of sulfonamides is 1. The van der Waals surface area contributed by atoms with Crippen molar-refractivity contribution in [1.82, 2.24) is 4.41 Å². The second kappa shape index (κ2) is 6.45. The largest absolute Gasteiger partial charge is 0.497 e. The molecule has 6 nitrogen and oxygen atoms in total. The van der Waals surface area contributed by atoms with E-state index in [1.807, 2.05) is 23.6 Å². The maximum absolute atomic E-state index is 12.2. The molecular formula is C16H18N2O4S2. The molecule has 0 bridgehead atoms. The molecule has 0 N–H and O–H groups in total. The highest BCUT2D eigenvalue weighted by Gasteiger charge is 2.36. The molecule has 24 heavy (non-hydrogen) atoms. The van der Waals surface area contributed by atoms with Crippen molar-refractivity contribution < 1.29 is 17.9 Å². The third kappa shape index (κ3) is 3.11. The summed E-state index contributed by atoms with van der Waals surface area (Å²) >= 11 is 1.54. The summed E-state index contributed by atoms with van der Waals surface area (Å²) in [6, 6.07) is 8.80. The average molecular weight is 366 g/mol. The smallest absolute Gasteiger partial charge is 0.247 e. The Balaban J connectivity index is 2.04. The lowest BCUT2D eigenvalue weighted by Gasteiger charge is -2.23. The van der Waals surface area contributed by atoms with Crippen LogP contribution in [0.25, 0.3) is 0 Å². The Kier molecular flexibility index (Phi) is 4.51. The van der Waals surface area contributed by atoms with Crippen LogP contribution in [0.4, 0.5) is 0 Å². The lowest BCUT2D eigenvalue weighted by molar-refractivity contribution is 0.348. The van der Waals surface area contributed by atoms with E-state index in [1.165, 1.54) is 4.41 Å². The van der Waals surface area contributed by atoms with E-state index in [-0.39, 0.29) is 0 Å². The minimum atomic E-state index is -3.50. The number of rotatable bonds is 5. The Labute approximate surface area is 145 Å². The van der Waals surface area contributed by atoms with Crippen LogP contribution in [0.1, 0.15) is 22.9 Å². The normalized spacial score (nSPS) is 17.7. The van der Waals surface area contributed by atoms with Gasteiger partial charge in [0, 0.05) is 18.1 Å². The van der Waals surface area contributed by atoms with Crippen molar-refractivity contribution in [3.8, 4) is 11.5 Å². The van der Waals surface area contributed by atoms with Crippen molar-refractivity contribution in [2.45, 2.75) is 12.5 Å². The van der Waals surface area contributed by atoms with Gasteiger partial charge in [0.2, 0.25) is 10.0 Å². The van der Waals surface area contributed by atoms with Gasteiger partial charge < -0.3 is 9.47 Å². The quantitative estimate of drug-likeness (QED) is 0.816. The minimum absolute atomic E-state index is 0.432. The number of thiophene rings is 1. The van der Waals surface area contributed by atoms with Crippen molar-refractivity contribution in [1.29, 1.82) is 0 Å². The van der Waals surface area contributed by atoms with E-state index in [1.54, 1.807) is 37.7 Å². The average Bonchev–Trinajstić information content (AvgIpc) is 3.22. The van der Waals surface area contributed by atoms with Crippen LogP contribution in [0, 0.1) is 0 Å². The highest BCUT2D eigenvalue weighted by atomic mass is 32.2. The topological polar surface area (TPSA) is 68.2 Å². The van der Waals surface area contributed by atoms with Gasteiger partial charge in [-0.15, -0.1) is 11.3 Å². The summed E-state index contributed by atoms with van der Waals surface area (Å²) in [4.78, 5) is 0.971. The minimum Gasteiger partial charge on any atom is -0.497 e. The standard InChI is InChI=1S/C16H18N2O4S2/c1-21-11-6-7-12(15(9-11)22-2)14-10-13(16-5-4-8-23-16)17-18(14)24(3,19)20/h4-9,14H,10H2,1-3H3. The van der Waals surface area contributed by atoms with Crippen LogP contribution in [0.2, 0.25) is 0 Å². The fourth-order valence-corrected chi connectivity index (χ4v) is 4.33. The van der Waals surface area contributed by atoms with E-state index in [0.717, 1.165) is 22.4 Å². The number of nitrogens with zero attached hydrogens (tertiary/aromatic N) is 2. The monoisotopic (exact) mass is 366 g/mol. The number of hydrogen-bond acceptors (Lipinski definition) is 6. The van der Waals surface area contributed by atoms with Gasteiger partial charge in [-0.05, 0) is 23.6 Å². The fraction of sp³-hybridized carbons (Fsp3) is 0.312. The SMILES string of the molecule is COc1ccc(C2CC(c3cccs3)=NN2S(C)(=O)=O)c(OC)c1. The van der Waals surface area contributed by atoms with Gasteiger partial charge in [0.15, 0.2) is 0 Å². The van der Waals surface area contributed by atoms with Crippen molar-refractivity contribution in [2.24, 2.45) is 5.10 Å². The van der Waals surface area contributed by atoms with E-state index in [0.29, 0.717) is 17.9 Å². The molecule has 1 aromatic heterocycles. The first-order valence-electron chi connectivity index (χ1n) is 7.26. The third-order valence-electron chi connectivity index (χ3n) is 3.82. The zero-order valence-electron chi connectivity index (χ0n) is 13.6. The van der Waals surface area contributed by atoms with Crippen molar-refractivity contribution in [2.75, 3.05) is 20.5 Å². The second-order valence-electron chi connectivity index (χ2n) is 5.39. The summed E-state index contributed by atoms with van der Waals surface area (Å²) in [5.74, 6) is 1.23. The Hall–Kier alpha value is -2.06. The predicted octanol–water partition coefficient (Wildman–Crippen LogP) is 2.88. The molecule has 0 spiro atoms. The van der Waals surface area contributed by atoms with Gasteiger partial charge in [-0.1, -0.05) is 6.07 Å². The van der Waals surface area contributed by atoms with Gasteiger partial charge in [0.1, 0.15) is 11.5 Å². The van der Waals surface area contributed by atoms with Crippen LogP contribution in [-0.2, 0) is 10.0 Å². The molecule has 1 atom stereocenters. The summed E-state index contributed by atoms with van der Waals surface area (Å²) in [5, 5.41) is 6.31. The molecule has 128 valence electrons. The molecule has 0 saturated heterocycles. The summed E-state index contributed by atoms with van der Waals surface area (Å²) < 4.78 is 36.2. The van der Waals surface area contributed by atoms with E-state index in [4.69, 9.17) is 9.47 Å². The molecule has 0 radical (unpaired) electrons. The molecule has 0 saturated carbocycles. The van der Waals surface area contributed by atoms with Crippen LogP contribution >= 0.6 is 11.3 Å². The lowest BCUT2D eigenvalue weighted by atomic mass is 10.0. The molecule has 0 amide bonds. The second-order valence-corrected chi connectivity index (χ2v) is 8.18. The molecule has 3 rings (SSSR count). The Morgan fingerprint density at radius 3 is 2.62 bits per heavy atom.